The fourth-order valence-corrected chi connectivity index (χ4v) is 15.3. The number of aliphatic hydroxyl groups is 1. The van der Waals surface area contributed by atoms with Crippen LogP contribution in [0.5, 0.6) is 0 Å². The number of ether oxygens (including phenoxy) is 3. The van der Waals surface area contributed by atoms with E-state index in [1.165, 1.54) is 16.7 Å². The van der Waals surface area contributed by atoms with Gasteiger partial charge in [0.25, 0.3) is 11.8 Å². The third kappa shape index (κ3) is 37.4. The molecule has 43 heteroatoms. The Kier molecular flexibility index (Phi) is 44.5. The summed E-state index contributed by atoms with van der Waals surface area (Å²) >= 11 is 1.18. The van der Waals surface area contributed by atoms with E-state index in [-0.39, 0.29) is 179 Å². The molecule has 0 spiro atoms. The molecule has 1 aromatic rings. The minimum Gasteiger partial charge on any atom is -0.480 e. The molecule has 652 valence electrons. The number of aliphatic carboxylic acids is 4. The first-order valence-electron chi connectivity index (χ1n) is 39.1. The molecule has 3 saturated heterocycles. The Morgan fingerprint density at radius 3 is 1.44 bits per heavy atom. The predicted octanol–water partition coefficient (Wildman–Crippen LogP) is -4.92. The van der Waals surface area contributed by atoms with E-state index in [2.05, 4.69) is 42.5 Å². The lowest BCUT2D eigenvalue weighted by molar-refractivity contribution is -0.147. The van der Waals surface area contributed by atoms with Gasteiger partial charge in [0.2, 0.25) is 65.0 Å². The zero-order valence-corrected chi connectivity index (χ0v) is 67.8. The minimum absolute atomic E-state index is 0.0182. The molecule has 1 aromatic carbocycles. The second kappa shape index (κ2) is 53.1. The van der Waals surface area contributed by atoms with Gasteiger partial charge in [-0.15, -0.1) is 23.5 Å². The molecule has 13 amide bonds. The van der Waals surface area contributed by atoms with E-state index in [9.17, 15) is 107 Å². The number of unbranched alkanes of at least 4 members (excludes halogenated alkanes) is 1. The average Bonchev–Trinajstić information content (AvgIpc) is 1.67. The van der Waals surface area contributed by atoms with Crippen LogP contribution in [0.1, 0.15) is 109 Å². The summed E-state index contributed by atoms with van der Waals surface area (Å²) in [5.41, 5.74) is 11.5. The van der Waals surface area contributed by atoms with Gasteiger partial charge in [-0.3, -0.25) is 102 Å². The number of carboxylic acid groups (broad SMARTS) is 4. The number of benzene rings is 1. The molecule has 0 aliphatic carbocycles. The Labute approximate surface area is 685 Å². The lowest BCUT2D eigenvalue weighted by Crippen LogP contribution is -2.58. The van der Waals surface area contributed by atoms with Crippen LogP contribution in [-0.2, 0) is 102 Å². The first-order valence-corrected chi connectivity index (χ1v) is 41.1. The summed E-state index contributed by atoms with van der Waals surface area (Å²) in [5, 5.41) is 69.0. The van der Waals surface area contributed by atoms with Gasteiger partial charge in [0.05, 0.1) is 74.9 Å². The molecule has 8 atom stereocenters. The van der Waals surface area contributed by atoms with Gasteiger partial charge in [0, 0.05) is 129 Å². The number of carbonyl (C=O) groups excluding carboxylic acids is 13. The van der Waals surface area contributed by atoms with E-state index in [1.54, 1.807) is 45.0 Å². The Morgan fingerprint density at radius 1 is 0.504 bits per heavy atom. The van der Waals surface area contributed by atoms with Gasteiger partial charge in [-0.05, 0) is 63.9 Å². The molecule has 0 radical (unpaired) electrons. The van der Waals surface area contributed by atoms with Crippen LogP contribution < -0.4 is 54.0 Å². The average molecular weight is 1690 g/mol. The molecule has 0 bridgehead atoms. The van der Waals surface area contributed by atoms with E-state index < -0.39 is 161 Å². The number of nitrogens with zero attached hydrogens (tertiary/aromatic N) is 6. The maximum atomic E-state index is 15.0. The summed E-state index contributed by atoms with van der Waals surface area (Å²) in [4.78, 5) is 232. The fourth-order valence-electron chi connectivity index (χ4n) is 13.0. The summed E-state index contributed by atoms with van der Waals surface area (Å²) in [6.45, 7) is 6.74. The van der Waals surface area contributed by atoms with Gasteiger partial charge < -0.3 is 98.2 Å². The Hall–Kier alpha value is -9.47. The number of aliphatic hydroxyl groups excluding tert-OH is 1. The monoisotopic (exact) mass is 1690 g/mol. The number of nitrogens with one attached hydrogen (secondary N) is 8. The van der Waals surface area contributed by atoms with Gasteiger partial charge in [-0.25, -0.2) is 4.79 Å². The molecule has 4 aliphatic rings. The number of thioether (sulfide) groups is 2. The van der Waals surface area contributed by atoms with Crippen molar-refractivity contribution in [3.8, 4) is 0 Å². The van der Waals surface area contributed by atoms with Gasteiger partial charge in [-0.1, -0.05) is 50.1 Å². The zero-order valence-electron chi connectivity index (χ0n) is 66.1. The summed E-state index contributed by atoms with van der Waals surface area (Å²) in [6.07, 6.45) is 0.123. The molecule has 17 N–H and O–H groups in total. The molecule has 4 heterocycles. The quantitative estimate of drug-likeness (QED) is 0.0215. The van der Waals surface area contributed by atoms with E-state index >= 15 is 0 Å². The highest BCUT2D eigenvalue weighted by Gasteiger charge is 2.45. The van der Waals surface area contributed by atoms with Crippen molar-refractivity contribution in [1.29, 1.82) is 0 Å². The predicted molar refractivity (Wildman–Crippen MR) is 421 cm³/mol. The van der Waals surface area contributed by atoms with Crippen LogP contribution >= 0.6 is 23.5 Å². The summed E-state index contributed by atoms with van der Waals surface area (Å²) in [6, 6.07) is -1.48. The number of rotatable bonds is 53. The van der Waals surface area contributed by atoms with Crippen LogP contribution in [0.25, 0.3) is 0 Å². The van der Waals surface area contributed by atoms with E-state index in [0.29, 0.717) is 100 Å². The highest BCUT2D eigenvalue weighted by Crippen LogP contribution is 2.34. The van der Waals surface area contributed by atoms with Crippen molar-refractivity contribution < 1.29 is 121 Å². The first-order chi connectivity index (χ1) is 55.8. The molecule has 41 nitrogen and oxygen atoms in total. The molecule has 4 aliphatic heterocycles. The maximum Gasteiger partial charge on any atom is 0.327 e. The standard InChI is InChI=1S/C74H114N16O25S2/c1-3-4-14-49(79-58(94)20-19-57(93)77-21-10-33-113-35-37-115-38-36-114-34-11-22-78-60(96)41-85-25-27-86(42-61(97)98)29-31-88(44-63(101)102)32-30-87(28-26-85)43-62(99)100)67(104)82-52(72(109)90-24-9-16-55(90)73(110)89-23-8-15-54(89)66(76)103)45-116-64-65(71(108)84-70(64)107)117-46-53(74(111)112)83-69(106)51(40-48-12-6-5-7-13-48)81-68(105)50(17-18-56(75)92)80-59(95)39-47(2)91/h5-7,12-13,47,49-55,91H,3-4,8-11,14-46H2,1-2H3,(H2,75,92)(H2,76,103)(H,77,93)(H,78,96)(H,79,94)(H,80,95)(H,81,105)(H,82,104)(H,83,106)(H,97,98)(H,99,100)(H,101,102)(H,111,112)(H,84,107,108)/t47-,49+,50+,51+,52+,53+,54+,55+/m1/s1. The lowest BCUT2D eigenvalue weighted by Gasteiger charge is -2.33. The minimum atomic E-state index is -1.82. The van der Waals surface area contributed by atoms with Crippen LogP contribution in [-0.4, -0.2) is 360 Å². The molecule has 5 rings (SSSR count). The van der Waals surface area contributed by atoms with Gasteiger partial charge in [-0.2, -0.15) is 0 Å². The third-order valence-corrected chi connectivity index (χ3v) is 21.5. The van der Waals surface area contributed by atoms with Gasteiger partial charge in [0.15, 0.2) is 0 Å². The van der Waals surface area contributed by atoms with Crippen LogP contribution in [0.4, 0.5) is 0 Å². The highest BCUT2D eigenvalue weighted by molar-refractivity contribution is 8.08. The van der Waals surface area contributed by atoms with E-state index in [4.69, 9.17) is 25.7 Å². The zero-order chi connectivity index (χ0) is 85.9. The number of nitrogens with two attached hydrogens (primary N) is 2. The van der Waals surface area contributed by atoms with Crippen molar-refractivity contribution in [3.63, 3.8) is 0 Å². The molecule has 0 aromatic heterocycles. The molecular formula is C74H114N16O25S2. The summed E-state index contributed by atoms with van der Waals surface area (Å²) in [5.74, 6) is -15.8. The number of carboxylic acids is 4. The van der Waals surface area contributed by atoms with Crippen LogP contribution in [0.15, 0.2) is 40.1 Å². The molecule has 0 unspecified atom stereocenters. The van der Waals surface area contributed by atoms with Crippen molar-refractivity contribution >= 4 is 124 Å². The van der Waals surface area contributed by atoms with Crippen molar-refractivity contribution in [2.24, 2.45) is 11.5 Å². The van der Waals surface area contributed by atoms with Crippen LogP contribution in [0, 0.1) is 0 Å². The summed E-state index contributed by atoms with van der Waals surface area (Å²) in [7, 11) is 0. The second-order valence-corrected chi connectivity index (χ2v) is 30.6. The van der Waals surface area contributed by atoms with Crippen molar-refractivity contribution in [1.82, 2.24) is 71.9 Å². The topological polar surface area (TPSA) is 587 Å². The van der Waals surface area contributed by atoms with Gasteiger partial charge in [0.1, 0.15) is 42.3 Å². The first kappa shape index (κ1) is 98.1. The lowest BCUT2D eigenvalue weighted by atomic mass is 10.0. The molecule has 117 heavy (non-hydrogen) atoms. The number of hydrogen-bond donors (Lipinski definition) is 15. The molecule has 3 fully saturated rings. The largest absolute Gasteiger partial charge is 0.480 e. The summed E-state index contributed by atoms with van der Waals surface area (Å²) < 4.78 is 16.8. The normalized spacial score (nSPS) is 18.1. The van der Waals surface area contributed by atoms with Gasteiger partial charge >= 0.3 is 23.9 Å². The van der Waals surface area contributed by atoms with E-state index in [1.807, 2.05) is 11.8 Å². The Morgan fingerprint density at radius 2 is 0.949 bits per heavy atom. The number of carbonyl (C=O) groups is 17. The Bertz CT molecular complexity index is 3550. The number of hydrogen-bond acceptors (Lipinski definition) is 27. The smallest absolute Gasteiger partial charge is 0.327 e. The number of imide groups is 1. The van der Waals surface area contributed by atoms with Crippen molar-refractivity contribution in [2.45, 2.75) is 159 Å². The Balaban J connectivity index is 1.11. The maximum absolute atomic E-state index is 15.0. The second-order valence-electron chi connectivity index (χ2n) is 28.5. The molecular weight excluding hydrogens is 1580 g/mol. The number of likely N-dealkylation sites (tertiary alicyclic amines) is 2. The van der Waals surface area contributed by atoms with Crippen LogP contribution in [0.2, 0.25) is 0 Å². The van der Waals surface area contributed by atoms with Crippen molar-refractivity contribution in [2.75, 3.05) is 156 Å². The van der Waals surface area contributed by atoms with Crippen molar-refractivity contribution in [3.05, 3.63) is 45.7 Å². The third-order valence-electron chi connectivity index (χ3n) is 19.0. The fraction of sp³-hybridized carbons (Fsp3) is 0.662. The molecule has 0 saturated carbocycles. The number of primary amides is 2. The van der Waals surface area contributed by atoms with Crippen LogP contribution in [0.3, 0.4) is 0 Å². The highest BCUT2D eigenvalue weighted by atomic mass is 32.2. The SMILES string of the molecule is CCCC[C@H](NC(=O)CCC(=O)NCCCOCCOCCOCCCNC(=O)CN1CCN(CC(=O)O)CCN(CC(=O)O)CCN(CC(=O)O)CC1)C(=O)N[C@@H](CSC1=C(SC[C@H](NC(=O)[C@H](Cc2ccccc2)NC(=O)[C@H](CCC(N)=O)NC(=O)C[C@@H](C)O)C(=O)O)C(=O)NC1=O)C(=O)N1CCC[C@H]1C(=O)N1CCC[C@H]1C(N)=O. The number of amides is 13. The van der Waals surface area contributed by atoms with E-state index in [0.717, 1.165) is 0 Å².